The summed E-state index contributed by atoms with van der Waals surface area (Å²) < 4.78 is 11.1. The lowest BCUT2D eigenvalue weighted by Crippen LogP contribution is -2.57. The molecule has 1 amide bonds. The summed E-state index contributed by atoms with van der Waals surface area (Å²) in [5.41, 5.74) is 0.853. The molecule has 5 heteroatoms. The van der Waals surface area contributed by atoms with E-state index in [1.54, 1.807) is 0 Å². The summed E-state index contributed by atoms with van der Waals surface area (Å²) in [7, 11) is 0. The summed E-state index contributed by atoms with van der Waals surface area (Å²) in [6, 6.07) is 2.19. The third-order valence-corrected chi connectivity index (χ3v) is 3.67. The molecule has 0 aliphatic carbocycles. The average Bonchev–Trinajstić information content (AvgIpc) is 2.35. The highest BCUT2D eigenvalue weighted by molar-refractivity contribution is 5.70. The van der Waals surface area contributed by atoms with Gasteiger partial charge in [0, 0.05) is 6.42 Å². The molecule has 0 saturated carbocycles. The number of fused-ring (bicyclic) bond motifs is 2. The SMILES string of the molecule is CC(C)(C)OC(=O)N1C2C=C(CCCC#N)CC1COC2. The number of hydrogen-bond donors (Lipinski definition) is 0. The maximum Gasteiger partial charge on any atom is 0.411 e. The van der Waals surface area contributed by atoms with Crippen molar-refractivity contribution in [1.82, 2.24) is 4.90 Å². The van der Waals surface area contributed by atoms with Crippen molar-refractivity contribution in [1.29, 1.82) is 5.26 Å². The van der Waals surface area contributed by atoms with Crippen LogP contribution < -0.4 is 0 Å². The zero-order valence-electron chi connectivity index (χ0n) is 13.1. The Balaban J connectivity index is 2.05. The Kier molecular flexibility index (Phi) is 4.89. The number of carbonyl (C=O) groups excluding carboxylic acids is 1. The van der Waals surface area contributed by atoms with E-state index in [-0.39, 0.29) is 18.2 Å². The van der Waals surface area contributed by atoms with Gasteiger partial charge in [-0.15, -0.1) is 0 Å². The van der Waals surface area contributed by atoms with Gasteiger partial charge >= 0.3 is 6.09 Å². The molecule has 0 aromatic heterocycles. The third kappa shape index (κ3) is 4.21. The quantitative estimate of drug-likeness (QED) is 0.592. The summed E-state index contributed by atoms with van der Waals surface area (Å²) in [5, 5.41) is 8.62. The van der Waals surface area contributed by atoms with Crippen LogP contribution in [0.25, 0.3) is 0 Å². The van der Waals surface area contributed by atoms with E-state index in [2.05, 4.69) is 12.1 Å². The molecule has 2 aliphatic heterocycles. The van der Waals surface area contributed by atoms with Gasteiger partial charge in [-0.1, -0.05) is 11.6 Å². The van der Waals surface area contributed by atoms with E-state index >= 15 is 0 Å². The summed E-state index contributed by atoms with van der Waals surface area (Å²) in [4.78, 5) is 14.2. The first-order valence-electron chi connectivity index (χ1n) is 7.56. The molecule has 0 aromatic rings. The highest BCUT2D eigenvalue weighted by Gasteiger charge is 2.39. The molecule has 2 unspecified atom stereocenters. The van der Waals surface area contributed by atoms with Crippen LogP contribution in [-0.2, 0) is 9.47 Å². The Hall–Kier alpha value is -1.54. The van der Waals surface area contributed by atoms with Crippen LogP contribution in [0.5, 0.6) is 0 Å². The highest BCUT2D eigenvalue weighted by atomic mass is 16.6. The zero-order chi connectivity index (χ0) is 15.5. The smallest absolute Gasteiger partial charge is 0.411 e. The van der Waals surface area contributed by atoms with E-state index in [4.69, 9.17) is 14.7 Å². The van der Waals surface area contributed by atoms with Gasteiger partial charge in [0.25, 0.3) is 0 Å². The van der Waals surface area contributed by atoms with Crippen LogP contribution >= 0.6 is 0 Å². The molecule has 0 radical (unpaired) electrons. The molecule has 21 heavy (non-hydrogen) atoms. The Bertz CT molecular complexity index is 459. The van der Waals surface area contributed by atoms with E-state index in [0.29, 0.717) is 19.6 Å². The molecule has 2 bridgehead atoms. The first-order valence-corrected chi connectivity index (χ1v) is 7.56. The van der Waals surface area contributed by atoms with Crippen molar-refractivity contribution in [3.05, 3.63) is 11.6 Å². The Labute approximate surface area is 126 Å². The van der Waals surface area contributed by atoms with Gasteiger partial charge in [0.1, 0.15) is 5.60 Å². The summed E-state index contributed by atoms with van der Waals surface area (Å²) in [5.74, 6) is 0. The Morgan fingerprint density at radius 3 is 2.90 bits per heavy atom. The fraction of sp³-hybridized carbons (Fsp3) is 0.750. The van der Waals surface area contributed by atoms with Crippen molar-refractivity contribution >= 4 is 6.09 Å². The highest BCUT2D eigenvalue weighted by Crippen LogP contribution is 2.30. The van der Waals surface area contributed by atoms with E-state index in [0.717, 1.165) is 19.3 Å². The molecule has 2 atom stereocenters. The number of amides is 1. The van der Waals surface area contributed by atoms with E-state index in [9.17, 15) is 4.79 Å². The number of ether oxygens (including phenoxy) is 2. The van der Waals surface area contributed by atoms with Gasteiger partial charge in [0.15, 0.2) is 0 Å². The van der Waals surface area contributed by atoms with Gasteiger partial charge in [-0.05, 0) is 40.0 Å². The number of nitrogens with zero attached hydrogens (tertiary/aromatic N) is 2. The standard InChI is InChI=1S/C16H24N2O3/c1-16(2,3)21-15(19)18-13-8-12(6-4-5-7-17)9-14(18)11-20-10-13/h8,13-14H,4-6,9-11H2,1-3H3. The monoisotopic (exact) mass is 292 g/mol. The summed E-state index contributed by atoms with van der Waals surface area (Å²) >= 11 is 0. The van der Waals surface area contributed by atoms with Crippen LogP contribution in [0.2, 0.25) is 0 Å². The minimum Gasteiger partial charge on any atom is -0.444 e. The van der Waals surface area contributed by atoms with E-state index in [1.165, 1.54) is 5.57 Å². The molecule has 1 fully saturated rings. The van der Waals surface area contributed by atoms with Crippen molar-refractivity contribution in [2.75, 3.05) is 13.2 Å². The largest absolute Gasteiger partial charge is 0.444 e. The number of unbranched alkanes of at least 4 members (excludes halogenated alkanes) is 1. The molecule has 0 aromatic carbocycles. The fourth-order valence-corrected chi connectivity index (χ4v) is 2.86. The van der Waals surface area contributed by atoms with Gasteiger partial charge in [-0.25, -0.2) is 4.79 Å². The average molecular weight is 292 g/mol. The van der Waals surface area contributed by atoms with Crippen LogP contribution in [0.4, 0.5) is 4.79 Å². The van der Waals surface area contributed by atoms with Crippen molar-refractivity contribution < 1.29 is 14.3 Å². The van der Waals surface area contributed by atoms with Gasteiger partial charge < -0.3 is 9.47 Å². The fourth-order valence-electron chi connectivity index (χ4n) is 2.86. The molecular formula is C16H24N2O3. The third-order valence-electron chi connectivity index (χ3n) is 3.67. The topological polar surface area (TPSA) is 62.6 Å². The van der Waals surface area contributed by atoms with E-state index in [1.807, 2.05) is 25.7 Å². The molecule has 0 spiro atoms. The Morgan fingerprint density at radius 1 is 1.52 bits per heavy atom. The number of hydrogen-bond acceptors (Lipinski definition) is 4. The molecule has 5 nitrogen and oxygen atoms in total. The molecule has 2 heterocycles. The lowest BCUT2D eigenvalue weighted by Gasteiger charge is -2.44. The minimum atomic E-state index is -0.483. The molecule has 2 aliphatic rings. The summed E-state index contributed by atoms with van der Waals surface area (Å²) in [6.07, 6.45) is 5.09. The van der Waals surface area contributed by atoms with Gasteiger partial charge in [0.2, 0.25) is 0 Å². The van der Waals surface area contributed by atoms with Crippen LogP contribution in [-0.4, -0.2) is 41.9 Å². The minimum absolute atomic E-state index is 0.0376. The normalized spacial score (nSPS) is 25.0. The predicted octanol–water partition coefficient (Wildman–Crippen LogP) is 3.01. The Morgan fingerprint density at radius 2 is 2.29 bits per heavy atom. The molecule has 2 rings (SSSR count). The van der Waals surface area contributed by atoms with Gasteiger partial charge in [-0.2, -0.15) is 5.26 Å². The van der Waals surface area contributed by atoms with Crippen molar-refractivity contribution in [2.45, 2.75) is 64.1 Å². The first-order chi connectivity index (χ1) is 9.90. The number of nitriles is 1. The number of rotatable bonds is 3. The zero-order valence-corrected chi connectivity index (χ0v) is 13.1. The lowest BCUT2D eigenvalue weighted by atomic mass is 9.91. The number of morpholine rings is 1. The van der Waals surface area contributed by atoms with Crippen LogP contribution in [0.1, 0.15) is 46.5 Å². The summed E-state index contributed by atoms with van der Waals surface area (Å²) in [6.45, 7) is 6.72. The molecular weight excluding hydrogens is 268 g/mol. The van der Waals surface area contributed by atoms with E-state index < -0.39 is 5.60 Å². The first kappa shape index (κ1) is 15.8. The van der Waals surface area contributed by atoms with Gasteiger partial charge in [-0.3, -0.25) is 4.90 Å². The van der Waals surface area contributed by atoms with Crippen LogP contribution in [0.3, 0.4) is 0 Å². The molecule has 1 saturated heterocycles. The molecule has 116 valence electrons. The maximum absolute atomic E-state index is 12.4. The van der Waals surface area contributed by atoms with Crippen LogP contribution in [0.15, 0.2) is 11.6 Å². The van der Waals surface area contributed by atoms with Crippen molar-refractivity contribution in [3.8, 4) is 6.07 Å². The number of carbonyl (C=O) groups is 1. The predicted molar refractivity (Wildman–Crippen MR) is 78.6 cm³/mol. The van der Waals surface area contributed by atoms with Gasteiger partial charge in [0.05, 0.1) is 31.4 Å². The molecule has 0 N–H and O–H groups in total. The lowest BCUT2D eigenvalue weighted by molar-refractivity contribution is -0.0537. The second kappa shape index (κ2) is 6.48. The van der Waals surface area contributed by atoms with Crippen molar-refractivity contribution in [3.63, 3.8) is 0 Å². The van der Waals surface area contributed by atoms with Crippen molar-refractivity contribution in [2.24, 2.45) is 0 Å². The van der Waals surface area contributed by atoms with Crippen LogP contribution in [0, 0.1) is 11.3 Å². The second-order valence-electron chi connectivity index (χ2n) is 6.69. The maximum atomic E-state index is 12.4. The second-order valence-corrected chi connectivity index (χ2v) is 6.69.